The van der Waals surface area contributed by atoms with Crippen LogP contribution >= 0.6 is 34.7 Å². The van der Waals surface area contributed by atoms with Crippen LogP contribution in [-0.4, -0.2) is 15.2 Å². The minimum Gasteiger partial charge on any atom is -0.244 e. The van der Waals surface area contributed by atoms with Gasteiger partial charge in [-0.05, 0) is 12.1 Å². The summed E-state index contributed by atoms with van der Waals surface area (Å²) in [6.45, 7) is 0. The molecule has 3 nitrogen and oxygen atoms in total. The summed E-state index contributed by atoms with van der Waals surface area (Å²) in [7, 11) is 0. The van der Waals surface area contributed by atoms with E-state index in [1.54, 1.807) is 17.8 Å². The third-order valence-electron chi connectivity index (χ3n) is 1.24. The summed E-state index contributed by atoms with van der Waals surface area (Å²) < 4.78 is 0.905. The van der Waals surface area contributed by atoms with Crippen LogP contribution in [0.3, 0.4) is 0 Å². The van der Waals surface area contributed by atoms with Crippen LogP contribution in [0, 0.1) is 0 Å². The minimum atomic E-state index is 0.495. The zero-order chi connectivity index (χ0) is 9.10. The molecule has 0 unspecified atom stereocenters. The molecule has 0 saturated carbocycles. The predicted octanol–water partition coefficient (Wildman–Crippen LogP) is 2.74. The maximum absolute atomic E-state index is 5.73. The van der Waals surface area contributed by atoms with Gasteiger partial charge in [-0.1, -0.05) is 34.7 Å². The molecule has 0 aromatic carbocycles. The minimum absolute atomic E-state index is 0.495. The van der Waals surface area contributed by atoms with Crippen molar-refractivity contribution in [2.75, 3.05) is 0 Å². The molecule has 0 spiro atoms. The average molecular weight is 230 g/mol. The quantitative estimate of drug-likeness (QED) is 0.743. The van der Waals surface area contributed by atoms with Crippen molar-refractivity contribution in [3.8, 4) is 0 Å². The first-order valence-corrected chi connectivity index (χ1v) is 5.47. The second-order valence-electron chi connectivity index (χ2n) is 2.12. The Morgan fingerprint density at radius 1 is 1.46 bits per heavy atom. The standard InChI is InChI=1S/C7H4ClN3S2/c8-6-3-5(1-2-9-6)13-7-11-10-4-12-7/h1-4H. The number of nitrogens with zero attached hydrogens (tertiary/aromatic N) is 3. The molecule has 0 aliphatic carbocycles. The molecule has 0 aliphatic heterocycles. The second-order valence-corrected chi connectivity index (χ2v) is 4.66. The summed E-state index contributed by atoms with van der Waals surface area (Å²) in [5.41, 5.74) is 1.70. The highest BCUT2D eigenvalue weighted by atomic mass is 35.5. The van der Waals surface area contributed by atoms with Crippen molar-refractivity contribution < 1.29 is 0 Å². The van der Waals surface area contributed by atoms with Gasteiger partial charge in [0, 0.05) is 11.1 Å². The predicted molar refractivity (Wildman–Crippen MR) is 53.3 cm³/mol. The topological polar surface area (TPSA) is 38.7 Å². The summed E-state index contributed by atoms with van der Waals surface area (Å²) in [6.07, 6.45) is 1.67. The molecule has 0 bridgehead atoms. The molecule has 2 aromatic rings. The average Bonchev–Trinajstić information content (AvgIpc) is 2.57. The zero-order valence-corrected chi connectivity index (χ0v) is 8.73. The molecule has 2 rings (SSSR count). The Morgan fingerprint density at radius 3 is 3.08 bits per heavy atom. The lowest BCUT2D eigenvalue weighted by Crippen LogP contribution is -1.76. The third-order valence-corrected chi connectivity index (χ3v) is 3.22. The molecule has 0 radical (unpaired) electrons. The van der Waals surface area contributed by atoms with E-state index in [0.717, 1.165) is 9.24 Å². The number of hydrogen-bond acceptors (Lipinski definition) is 5. The van der Waals surface area contributed by atoms with Crippen molar-refractivity contribution in [1.29, 1.82) is 0 Å². The molecule has 0 aliphatic rings. The van der Waals surface area contributed by atoms with Crippen molar-refractivity contribution >= 4 is 34.7 Å². The van der Waals surface area contributed by atoms with Gasteiger partial charge in [-0.2, -0.15) is 0 Å². The largest absolute Gasteiger partial charge is 0.244 e. The first-order chi connectivity index (χ1) is 6.34. The highest BCUT2D eigenvalue weighted by Crippen LogP contribution is 2.28. The van der Waals surface area contributed by atoms with Gasteiger partial charge in [0.1, 0.15) is 10.7 Å². The van der Waals surface area contributed by atoms with Crippen LogP contribution in [0.1, 0.15) is 0 Å². The molecule has 6 heteroatoms. The van der Waals surface area contributed by atoms with Crippen molar-refractivity contribution in [3.63, 3.8) is 0 Å². The van der Waals surface area contributed by atoms with E-state index in [-0.39, 0.29) is 0 Å². The Hall–Kier alpha value is -0.650. The molecule has 13 heavy (non-hydrogen) atoms. The molecule has 0 amide bonds. The Balaban J connectivity index is 2.19. The fourth-order valence-electron chi connectivity index (χ4n) is 0.756. The summed E-state index contributed by atoms with van der Waals surface area (Å²) in [6, 6.07) is 3.69. The van der Waals surface area contributed by atoms with Crippen molar-refractivity contribution in [3.05, 3.63) is 29.0 Å². The zero-order valence-electron chi connectivity index (χ0n) is 6.35. The number of hydrogen-bond donors (Lipinski definition) is 0. The van der Waals surface area contributed by atoms with Crippen LogP contribution in [0.15, 0.2) is 33.1 Å². The summed E-state index contributed by atoms with van der Waals surface area (Å²) in [4.78, 5) is 4.91. The van der Waals surface area contributed by atoms with Crippen molar-refractivity contribution in [2.45, 2.75) is 9.24 Å². The van der Waals surface area contributed by atoms with Gasteiger partial charge in [-0.3, -0.25) is 0 Å². The summed E-state index contributed by atoms with van der Waals surface area (Å²) in [5.74, 6) is 0. The monoisotopic (exact) mass is 229 g/mol. The lowest BCUT2D eigenvalue weighted by atomic mass is 10.5. The number of rotatable bonds is 2. The smallest absolute Gasteiger partial charge is 0.178 e. The Bertz CT molecular complexity index is 390. The summed E-state index contributed by atoms with van der Waals surface area (Å²) >= 11 is 8.76. The fraction of sp³-hybridized carbons (Fsp3) is 0. The van der Waals surface area contributed by atoms with E-state index < -0.39 is 0 Å². The molecule has 0 saturated heterocycles. The molecule has 0 fully saturated rings. The Labute approximate surface area is 88.2 Å². The molecular formula is C7H4ClN3S2. The van der Waals surface area contributed by atoms with Crippen LogP contribution < -0.4 is 0 Å². The first kappa shape index (κ1) is 8.93. The number of pyridine rings is 1. The SMILES string of the molecule is Clc1cc(Sc2nncs2)ccn1. The Kier molecular flexibility index (Phi) is 2.77. The highest BCUT2D eigenvalue weighted by Gasteiger charge is 2.00. The van der Waals surface area contributed by atoms with Crippen molar-refractivity contribution in [2.24, 2.45) is 0 Å². The van der Waals surface area contributed by atoms with E-state index in [1.165, 1.54) is 23.1 Å². The Morgan fingerprint density at radius 2 is 2.38 bits per heavy atom. The van der Waals surface area contributed by atoms with Gasteiger partial charge in [-0.25, -0.2) is 4.98 Å². The van der Waals surface area contributed by atoms with E-state index in [9.17, 15) is 0 Å². The number of halogens is 1. The lowest BCUT2D eigenvalue weighted by molar-refractivity contribution is 1.01. The van der Waals surface area contributed by atoms with Crippen LogP contribution in [0.2, 0.25) is 5.15 Å². The van der Waals surface area contributed by atoms with Crippen molar-refractivity contribution in [1.82, 2.24) is 15.2 Å². The second kappa shape index (κ2) is 4.04. The van der Waals surface area contributed by atoms with Gasteiger partial charge in [0.2, 0.25) is 0 Å². The number of aromatic nitrogens is 3. The molecule has 2 heterocycles. The first-order valence-electron chi connectivity index (χ1n) is 3.40. The van der Waals surface area contributed by atoms with Gasteiger partial charge < -0.3 is 0 Å². The van der Waals surface area contributed by atoms with Crippen LogP contribution in [-0.2, 0) is 0 Å². The highest BCUT2D eigenvalue weighted by molar-refractivity contribution is 8.01. The molecule has 0 atom stereocenters. The van der Waals surface area contributed by atoms with Crippen LogP contribution in [0.5, 0.6) is 0 Å². The summed E-state index contributed by atoms with van der Waals surface area (Å²) in [5, 5.41) is 8.14. The van der Waals surface area contributed by atoms with Gasteiger partial charge in [0.25, 0.3) is 0 Å². The maximum Gasteiger partial charge on any atom is 0.178 e. The van der Waals surface area contributed by atoms with Gasteiger partial charge in [0.15, 0.2) is 4.34 Å². The normalized spacial score (nSPS) is 10.2. The van der Waals surface area contributed by atoms with E-state index in [0.29, 0.717) is 5.15 Å². The van der Waals surface area contributed by atoms with E-state index in [4.69, 9.17) is 11.6 Å². The molecule has 66 valence electrons. The van der Waals surface area contributed by atoms with Gasteiger partial charge in [0.05, 0.1) is 0 Å². The van der Waals surface area contributed by atoms with Gasteiger partial charge in [-0.15, -0.1) is 10.2 Å². The van der Waals surface area contributed by atoms with Crippen LogP contribution in [0.25, 0.3) is 0 Å². The lowest BCUT2D eigenvalue weighted by Gasteiger charge is -1.95. The third kappa shape index (κ3) is 2.40. The van der Waals surface area contributed by atoms with E-state index in [2.05, 4.69) is 15.2 Å². The molecule has 2 aromatic heterocycles. The van der Waals surface area contributed by atoms with E-state index in [1.807, 2.05) is 6.07 Å². The van der Waals surface area contributed by atoms with Crippen LogP contribution in [0.4, 0.5) is 0 Å². The molecular weight excluding hydrogens is 226 g/mol. The molecule has 0 N–H and O–H groups in total. The van der Waals surface area contributed by atoms with E-state index >= 15 is 0 Å². The fourth-order valence-corrected chi connectivity index (χ4v) is 2.47. The van der Waals surface area contributed by atoms with Gasteiger partial charge >= 0.3 is 0 Å². The maximum atomic E-state index is 5.73.